The summed E-state index contributed by atoms with van der Waals surface area (Å²) in [5.41, 5.74) is 2.61. The van der Waals surface area contributed by atoms with E-state index in [1.165, 1.54) is 0 Å². The third-order valence-electron chi connectivity index (χ3n) is 4.34. The molecule has 0 spiro atoms. The number of rotatable bonds is 6. The average molecular weight is 379 g/mol. The van der Waals surface area contributed by atoms with E-state index in [1.807, 2.05) is 67.6 Å². The highest BCUT2D eigenvalue weighted by atomic mass is 32.2. The van der Waals surface area contributed by atoms with Crippen LogP contribution in [0.3, 0.4) is 0 Å². The SMILES string of the molecule is Cc1ccc(S(=O)(=O)CNC(=O)C(c2ccccc2)c2ccccc2)cc1. The van der Waals surface area contributed by atoms with Gasteiger partial charge in [0.25, 0.3) is 0 Å². The van der Waals surface area contributed by atoms with Crippen molar-refractivity contribution in [3.8, 4) is 0 Å². The summed E-state index contributed by atoms with van der Waals surface area (Å²) in [6.07, 6.45) is 0. The Morgan fingerprint density at radius 3 is 1.78 bits per heavy atom. The largest absolute Gasteiger partial charge is 0.341 e. The molecule has 0 unspecified atom stereocenters. The van der Waals surface area contributed by atoms with Gasteiger partial charge in [0.15, 0.2) is 9.84 Å². The molecule has 0 heterocycles. The van der Waals surface area contributed by atoms with E-state index in [-0.39, 0.29) is 10.8 Å². The molecular formula is C22H21NO3S. The van der Waals surface area contributed by atoms with Crippen LogP contribution in [0.4, 0.5) is 0 Å². The molecule has 0 aliphatic heterocycles. The maximum atomic E-state index is 12.9. The number of hydrogen-bond acceptors (Lipinski definition) is 3. The molecule has 27 heavy (non-hydrogen) atoms. The minimum Gasteiger partial charge on any atom is -0.341 e. The van der Waals surface area contributed by atoms with E-state index < -0.39 is 21.6 Å². The molecular weight excluding hydrogens is 358 g/mol. The minimum atomic E-state index is -3.60. The predicted molar refractivity (Wildman–Crippen MR) is 106 cm³/mol. The van der Waals surface area contributed by atoms with Crippen molar-refractivity contribution in [1.29, 1.82) is 0 Å². The molecule has 1 N–H and O–H groups in total. The van der Waals surface area contributed by atoms with Crippen LogP contribution in [0.5, 0.6) is 0 Å². The van der Waals surface area contributed by atoms with Crippen molar-refractivity contribution in [3.05, 3.63) is 102 Å². The molecule has 138 valence electrons. The fourth-order valence-electron chi connectivity index (χ4n) is 2.88. The Morgan fingerprint density at radius 1 is 0.815 bits per heavy atom. The lowest BCUT2D eigenvalue weighted by Crippen LogP contribution is -2.34. The Hall–Kier alpha value is -2.92. The molecule has 0 fully saturated rings. The Balaban J connectivity index is 1.82. The van der Waals surface area contributed by atoms with Crippen LogP contribution in [0.25, 0.3) is 0 Å². The van der Waals surface area contributed by atoms with E-state index in [1.54, 1.807) is 24.3 Å². The van der Waals surface area contributed by atoms with Gasteiger partial charge in [-0.2, -0.15) is 0 Å². The quantitative estimate of drug-likeness (QED) is 0.711. The van der Waals surface area contributed by atoms with Crippen molar-refractivity contribution < 1.29 is 13.2 Å². The summed E-state index contributed by atoms with van der Waals surface area (Å²) >= 11 is 0. The van der Waals surface area contributed by atoms with E-state index >= 15 is 0 Å². The van der Waals surface area contributed by atoms with Crippen molar-refractivity contribution in [2.75, 3.05) is 5.88 Å². The maximum Gasteiger partial charge on any atom is 0.232 e. The summed E-state index contributed by atoms with van der Waals surface area (Å²) in [7, 11) is -3.60. The van der Waals surface area contributed by atoms with Crippen LogP contribution in [-0.4, -0.2) is 20.2 Å². The second-order valence-electron chi connectivity index (χ2n) is 6.37. The number of hydrogen-bond donors (Lipinski definition) is 1. The van der Waals surface area contributed by atoms with Gasteiger partial charge in [-0.3, -0.25) is 4.79 Å². The van der Waals surface area contributed by atoms with Crippen LogP contribution in [0.1, 0.15) is 22.6 Å². The second-order valence-corrected chi connectivity index (χ2v) is 8.36. The molecule has 0 saturated carbocycles. The van der Waals surface area contributed by atoms with E-state index in [2.05, 4.69) is 5.32 Å². The van der Waals surface area contributed by atoms with Crippen molar-refractivity contribution in [2.45, 2.75) is 17.7 Å². The highest BCUT2D eigenvalue weighted by molar-refractivity contribution is 7.91. The van der Waals surface area contributed by atoms with E-state index in [0.29, 0.717) is 0 Å². The van der Waals surface area contributed by atoms with E-state index in [0.717, 1.165) is 16.7 Å². The molecule has 0 aliphatic carbocycles. The Kier molecular flexibility index (Phi) is 5.72. The van der Waals surface area contributed by atoms with Gasteiger partial charge in [0.05, 0.1) is 10.8 Å². The molecule has 3 rings (SSSR count). The summed E-state index contributed by atoms with van der Waals surface area (Å²) in [5, 5.41) is 2.61. The summed E-state index contributed by atoms with van der Waals surface area (Å²) in [5.74, 6) is -1.35. The highest BCUT2D eigenvalue weighted by Crippen LogP contribution is 2.25. The van der Waals surface area contributed by atoms with E-state index in [4.69, 9.17) is 0 Å². The minimum absolute atomic E-state index is 0.198. The van der Waals surface area contributed by atoms with Gasteiger partial charge in [0, 0.05) is 0 Å². The van der Waals surface area contributed by atoms with Gasteiger partial charge >= 0.3 is 0 Å². The second kappa shape index (κ2) is 8.18. The van der Waals surface area contributed by atoms with Gasteiger partial charge in [-0.1, -0.05) is 78.4 Å². The molecule has 0 atom stereocenters. The number of sulfone groups is 1. The zero-order valence-electron chi connectivity index (χ0n) is 15.0. The molecule has 0 saturated heterocycles. The normalized spacial score (nSPS) is 11.3. The summed E-state index contributed by atoms with van der Waals surface area (Å²) in [4.78, 5) is 13.1. The maximum absolute atomic E-state index is 12.9. The number of carbonyl (C=O) groups is 1. The Morgan fingerprint density at radius 2 is 1.30 bits per heavy atom. The molecule has 1 amide bonds. The molecule has 0 aromatic heterocycles. The molecule has 3 aromatic carbocycles. The Labute approximate surface area is 159 Å². The fourth-order valence-corrected chi connectivity index (χ4v) is 3.93. The summed E-state index contributed by atoms with van der Waals surface area (Å²) < 4.78 is 25.1. The van der Waals surface area contributed by atoms with Crippen LogP contribution < -0.4 is 5.32 Å². The number of aryl methyl sites for hydroxylation is 1. The monoisotopic (exact) mass is 379 g/mol. The summed E-state index contributed by atoms with van der Waals surface area (Å²) in [6, 6.07) is 25.3. The smallest absolute Gasteiger partial charge is 0.232 e. The number of amides is 1. The van der Waals surface area contributed by atoms with Crippen molar-refractivity contribution in [3.63, 3.8) is 0 Å². The number of nitrogens with one attached hydrogen (secondary N) is 1. The van der Waals surface area contributed by atoms with Gasteiger partial charge in [-0.25, -0.2) is 8.42 Å². The lowest BCUT2D eigenvalue weighted by atomic mass is 9.90. The van der Waals surface area contributed by atoms with Crippen LogP contribution in [-0.2, 0) is 14.6 Å². The first-order valence-corrected chi connectivity index (χ1v) is 10.3. The van der Waals surface area contributed by atoms with Crippen molar-refractivity contribution in [2.24, 2.45) is 0 Å². The lowest BCUT2D eigenvalue weighted by molar-refractivity contribution is -0.121. The van der Waals surface area contributed by atoms with Crippen LogP contribution in [0.2, 0.25) is 0 Å². The Bertz CT molecular complexity index is 959. The van der Waals surface area contributed by atoms with Crippen molar-refractivity contribution >= 4 is 15.7 Å². The predicted octanol–water partition coefficient (Wildman–Crippen LogP) is 3.67. The first-order valence-electron chi connectivity index (χ1n) is 8.64. The number of benzene rings is 3. The van der Waals surface area contributed by atoms with Gasteiger partial charge < -0.3 is 5.32 Å². The van der Waals surface area contributed by atoms with Gasteiger partial charge in [-0.05, 0) is 30.2 Å². The first-order chi connectivity index (χ1) is 13.0. The standard InChI is InChI=1S/C22H21NO3S/c1-17-12-14-20(15-13-17)27(25,26)16-23-22(24)21(18-8-4-2-5-9-18)19-10-6-3-7-11-19/h2-15,21H,16H2,1H3,(H,23,24). The van der Waals surface area contributed by atoms with Gasteiger partial charge in [0.2, 0.25) is 5.91 Å². The zero-order valence-corrected chi connectivity index (χ0v) is 15.8. The number of carbonyl (C=O) groups excluding carboxylic acids is 1. The third-order valence-corrected chi connectivity index (χ3v) is 5.86. The summed E-state index contributed by atoms with van der Waals surface area (Å²) in [6.45, 7) is 1.89. The molecule has 3 aromatic rings. The molecule has 5 heteroatoms. The van der Waals surface area contributed by atoms with Crippen molar-refractivity contribution in [1.82, 2.24) is 5.32 Å². The lowest BCUT2D eigenvalue weighted by Gasteiger charge is -2.18. The van der Waals surface area contributed by atoms with Gasteiger partial charge in [-0.15, -0.1) is 0 Å². The molecule has 4 nitrogen and oxygen atoms in total. The van der Waals surface area contributed by atoms with E-state index in [9.17, 15) is 13.2 Å². The molecule has 0 radical (unpaired) electrons. The molecule has 0 aliphatic rings. The fraction of sp³-hybridized carbons (Fsp3) is 0.136. The highest BCUT2D eigenvalue weighted by Gasteiger charge is 2.24. The first kappa shape index (κ1) is 18.9. The molecule has 0 bridgehead atoms. The van der Waals surface area contributed by atoms with Crippen LogP contribution in [0, 0.1) is 6.92 Å². The van der Waals surface area contributed by atoms with Crippen LogP contribution in [0.15, 0.2) is 89.8 Å². The van der Waals surface area contributed by atoms with Crippen LogP contribution >= 0.6 is 0 Å². The third kappa shape index (κ3) is 4.63. The zero-order chi connectivity index (χ0) is 19.3. The topological polar surface area (TPSA) is 63.2 Å². The van der Waals surface area contributed by atoms with Gasteiger partial charge in [0.1, 0.15) is 5.88 Å². The average Bonchev–Trinajstić information content (AvgIpc) is 2.69.